The van der Waals surface area contributed by atoms with E-state index >= 15 is 0 Å². The molecule has 0 atom stereocenters. The molecule has 2 rings (SSSR count). The van der Waals surface area contributed by atoms with E-state index in [1.807, 2.05) is 40.8 Å². The van der Waals surface area contributed by atoms with Crippen LogP contribution in [0, 0.1) is 3.57 Å². The minimum absolute atomic E-state index is 0.0614. The van der Waals surface area contributed by atoms with Crippen LogP contribution in [0.1, 0.15) is 15.9 Å². The minimum atomic E-state index is -5.50. The lowest BCUT2D eigenvalue weighted by molar-refractivity contribution is -0.0448. The van der Waals surface area contributed by atoms with Crippen molar-refractivity contribution in [2.75, 3.05) is 18.5 Å². The van der Waals surface area contributed by atoms with Gasteiger partial charge in [0.05, 0.1) is 11.3 Å². The number of carbonyl (C=O) groups is 2. The third-order valence-corrected chi connectivity index (χ3v) is 5.67. The molecular weight excluding hydrogens is 556 g/mol. The fourth-order valence-corrected chi connectivity index (χ4v) is 3.26. The Morgan fingerprint density at radius 3 is 2.32 bits per heavy atom. The maximum atomic E-state index is 12.2. The van der Waals surface area contributed by atoms with Crippen LogP contribution in [0.25, 0.3) is 0 Å². The van der Waals surface area contributed by atoms with Crippen LogP contribution >= 0.6 is 22.6 Å². The molecule has 1 amide bonds. The molecule has 0 heterocycles. The largest absolute Gasteiger partial charge is 0.511 e. The second kappa shape index (κ2) is 10.8. The van der Waals surface area contributed by atoms with Crippen molar-refractivity contribution in [1.29, 1.82) is 0 Å². The summed E-state index contributed by atoms with van der Waals surface area (Å²) in [5.41, 5.74) is -4.21. The predicted molar refractivity (Wildman–Crippen MR) is 113 cm³/mol. The summed E-state index contributed by atoms with van der Waals surface area (Å²) in [6, 6.07) is 13.2. The molecule has 8 nitrogen and oxygen atoms in total. The summed E-state index contributed by atoms with van der Waals surface area (Å²) in [5.74, 6) is -0.873. The van der Waals surface area contributed by atoms with Gasteiger partial charge in [0.1, 0.15) is 13.2 Å². The Hall–Kier alpha value is -2.39. The van der Waals surface area contributed by atoms with Crippen LogP contribution in [0.5, 0.6) is 0 Å². The second-order valence-corrected chi connectivity index (χ2v) is 8.78. The molecule has 0 aliphatic rings. The molecule has 0 bridgehead atoms. The number of sulfonamides is 1. The lowest BCUT2D eigenvalue weighted by Crippen LogP contribution is -2.38. The van der Waals surface area contributed by atoms with Gasteiger partial charge in [-0.3, -0.25) is 5.32 Å². The van der Waals surface area contributed by atoms with E-state index in [9.17, 15) is 31.2 Å². The first kappa shape index (κ1) is 24.9. The SMILES string of the molecule is O=C(Nc1ccc(C(=O)OCCNS(=O)(=O)C(F)(F)F)cc1I)OCc1ccccc1. The zero-order chi connectivity index (χ0) is 23.1. The molecule has 0 aromatic heterocycles. The van der Waals surface area contributed by atoms with Gasteiger partial charge < -0.3 is 9.47 Å². The van der Waals surface area contributed by atoms with Gasteiger partial charge in [-0.1, -0.05) is 30.3 Å². The van der Waals surface area contributed by atoms with Crippen LogP contribution in [0.2, 0.25) is 0 Å². The van der Waals surface area contributed by atoms with Gasteiger partial charge in [0.15, 0.2) is 0 Å². The molecule has 0 aliphatic carbocycles. The van der Waals surface area contributed by atoms with Crippen molar-refractivity contribution < 1.29 is 40.7 Å². The number of carbonyl (C=O) groups excluding carboxylic acids is 2. The molecule has 31 heavy (non-hydrogen) atoms. The van der Waals surface area contributed by atoms with E-state index < -0.39 is 40.7 Å². The third kappa shape index (κ3) is 7.66. The second-order valence-electron chi connectivity index (χ2n) is 5.86. The molecule has 13 heteroatoms. The Kier molecular flexibility index (Phi) is 8.64. The lowest BCUT2D eigenvalue weighted by atomic mass is 10.2. The zero-order valence-corrected chi connectivity index (χ0v) is 18.6. The molecule has 0 saturated heterocycles. The molecule has 0 saturated carbocycles. The number of nitrogens with one attached hydrogen (secondary N) is 2. The maximum Gasteiger partial charge on any atom is 0.511 e. The highest BCUT2D eigenvalue weighted by molar-refractivity contribution is 14.1. The predicted octanol–water partition coefficient (Wildman–Crippen LogP) is 3.64. The Labute approximate surface area is 189 Å². The van der Waals surface area contributed by atoms with Crippen LogP contribution in [0.15, 0.2) is 48.5 Å². The number of esters is 1. The van der Waals surface area contributed by atoms with Crippen molar-refractivity contribution in [3.63, 3.8) is 0 Å². The molecule has 0 aliphatic heterocycles. The van der Waals surface area contributed by atoms with E-state index in [1.54, 1.807) is 12.1 Å². The number of anilines is 1. The topological polar surface area (TPSA) is 111 Å². The number of hydrogen-bond donors (Lipinski definition) is 2. The summed E-state index contributed by atoms with van der Waals surface area (Å²) in [6.45, 7) is -1.26. The Morgan fingerprint density at radius 1 is 1.03 bits per heavy atom. The Balaban J connectivity index is 1.84. The average molecular weight is 572 g/mol. The summed E-state index contributed by atoms with van der Waals surface area (Å²) < 4.78 is 69.9. The van der Waals surface area contributed by atoms with Gasteiger partial charge in [-0.05, 0) is 46.4 Å². The molecule has 0 radical (unpaired) electrons. The highest BCUT2D eigenvalue weighted by atomic mass is 127. The quantitative estimate of drug-likeness (QED) is 0.284. The van der Waals surface area contributed by atoms with E-state index in [4.69, 9.17) is 9.47 Å². The molecule has 0 unspecified atom stereocenters. The standard InChI is InChI=1S/C18H16F3IN2O6S/c19-18(20,21)31(27,28)23-8-9-29-16(25)13-6-7-15(14(22)10-13)24-17(26)30-11-12-4-2-1-3-5-12/h1-7,10,23H,8-9,11H2,(H,24,26). The monoisotopic (exact) mass is 572 g/mol. The van der Waals surface area contributed by atoms with Gasteiger partial charge in [-0.15, -0.1) is 0 Å². The molecule has 2 aromatic carbocycles. The van der Waals surface area contributed by atoms with E-state index in [0.29, 0.717) is 9.26 Å². The van der Waals surface area contributed by atoms with Crippen LogP contribution in [0.4, 0.5) is 23.7 Å². The van der Waals surface area contributed by atoms with Gasteiger partial charge >= 0.3 is 27.6 Å². The van der Waals surface area contributed by atoms with Gasteiger partial charge in [0, 0.05) is 10.1 Å². The number of alkyl halides is 3. The highest BCUT2D eigenvalue weighted by Gasteiger charge is 2.45. The summed E-state index contributed by atoms with van der Waals surface area (Å²) in [4.78, 5) is 23.9. The van der Waals surface area contributed by atoms with Gasteiger partial charge in [0.2, 0.25) is 0 Å². The minimum Gasteiger partial charge on any atom is -0.461 e. The van der Waals surface area contributed by atoms with E-state index in [0.717, 1.165) is 5.56 Å². The summed E-state index contributed by atoms with van der Waals surface area (Å²) in [6.07, 6.45) is -0.700. The smallest absolute Gasteiger partial charge is 0.461 e. The highest BCUT2D eigenvalue weighted by Crippen LogP contribution is 2.22. The molecule has 0 fully saturated rings. The number of benzene rings is 2. The fraction of sp³-hybridized carbons (Fsp3) is 0.222. The van der Waals surface area contributed by atoms with Gasteiger partial charge in [-0.2, -0.15) is 13.2 Å². The fourth-order valence-electron chi connectivity index (χ4n) is 2.10. The van der Waals surface area contributed by atoms with Gasteiger partial charge in [-0.25, -0.2) is 22.7 Å². The average Bonchev–Trinajstić information content (AvgIpc) is 2.71. The molecule has 2 aromatic rings. The van der Waals surface area contributed by atoms with Gasteiger partial charge in [0.25, 0.3) is 0 Å². The molecule has 0 spiro atoms. The van der Waals surface area contributed by atoms with Crippen molar-refractivity contribution in [3.8, 4) is 0 Å². The van der Waals surface area contributed by atoms with Crippen LogP contribution < -0.4 is 10.0 Å². The van der Waals surface area contributed by atoms with Crippen molar-refractivity contribution >= 4 is 50.4 Å². The Morgan fingerprint density at radius 2 is 1.71 bits per heavy atom. The first-order valence-corrected chi connectivity index (χ1v) is 11.1. The number of hydrogen-bond acceptors (Lipinski definition) is 6. The van der Waals surface area contributed by atoms with Crippen LogP contribution in [0.3, 0.4) is 0 Å². The number of ether oxygens (including phenoxy) is 2. The summed E-state index contributed by atoms with van der Waals surface area (Å²) >= 11 is 1.86. The summed E-state index contributed by atoms with van der Waals surface area (Å²) in [5, 5.41) is 2.53. The van der Waals surface area contributed by atoms with Crippen LogP contribution in [-0.2, 0) is 26.1 Å². The van der Waals surface area contributed by atoms with Crippen LogP contribution in [-0.4, -0.2) is 39.1 Å². The number of amides is 1. The normalized spacial score (nSPS) is 11.6. The Bertz CT molecular complexity index is 1030. The van der Waals surface area contributed by atoms with Crippen molar-refractivity contribution in [2.24, 2.45) is 0 Å². The van der Waals surface area contributed by atoms with E-state index in [1.165, 1.54) is 22.9 Å². The first-order valence-electron chi connectivity index (χ1n) is 8.50. The van der Waals surface area contributed by atoms with Crippen molar-refractivity contribution in [3.05, 3.63) is 63.2 Å². The van der Waals surface area contributed by atoms with E-state index in [-0.39, 0.29) is 12.2 Å². The summed E-state index contributed by atoms with van der Waals surface area (Å²) in [7, 11) is -5.50. The number of rotatable bonds is 8. The van der Waals surface area contributed by atoms with Crippen molar-refractivity contribution in [1.82, 2.24) is 4.72 Å². The number of halogens is 4. The van der Waals surface area contributed by atoms with E-state index in [2.05, 4.69) is 5.32 Å². The maximum absolute atomic E-state index is 12.2. The molecule has 168 valence electrons. The molecule has 2 N–H and O–H groups in total. The van der Waals surface area contributed by atoms with Crippen molar-refractivity contribution in [2.45, 2.75) is 12.1 Å². The first-order chi connectivity index (χ1) is 14.5. The lowest BCUT2D eigenvalue weighted by Gasteiger charge is -2.11. The zero-order valence-electron chi connectivity index (χ0n) is 15.6. The third-order valence-electron chi connectivity index (χ3n) is 3.59. The molecular formula is C18H16F3IN2O6S.